The van der Waals surface area contributed by atoms with Crippen LogP contribution in [-0.2, 0) is 6.54 Å². The highest BCUT2D eigenvalue weighted by Crippen LogP contribution is 2.25. The molecule has 0 spiro atoms. The number of nitro benzene ring substituents is 1. The number of amides is 2. The number of piperidine rings is 1. The zero-order chi connectivity index (χ0) is 23.9. The number of aromatic nitrogens is 1. The monoisotopic (exact) mass is 459 g/mol. The molecule has 2 amide bonds. The standard InChI is InChI=1S/C25H25N5O4/c31-24(19-7-9-21(10-8-19)30(33)34)28-20-11-14-29(15-12-20)23-6-2-1-5-22(23)25(32)27-17-18-4-3-13-26-16-18/h1-10,13,16,20H,11-12,14-15,17H2,(H,27,32)(H,28,31). The van der Waals surface area contributed by atoms with E-state index in [-0.39, 0.29) is 23.5 Å². The van der Waals surface area contributed by atoms with Crippen LogP contribution in [0.1, 0.15) is 39.1 Å². The molecule has 0 unspecified atom stereocenters. The Morgan fingerprint density at radius 1 is 1.00 bits per heavy atom. The smallest absolute Gasteiger partial charge is 0.269 e. The van der Waals surface area contributed by atoms with E-state index in [9.17, 15) is 19.7 Å². The summed E-state index contributed by atoms with van der Waals surface area (Å²) >= 11 is 0. The van der Waals surface area contributed by atoms with Crippen LogP contribution in [0, 0.1) is 10.1 Å². The van der Waals surface area contributed by atoms with Crippen molar-refractivity contribution in [2.45, 2.75) is 25.4 Å². The summed E-state index contributed by atoms with van der Waals surface area (Å²) < 4.78 is 0. The van der Waals surface area contributed by atoms with Crippen LogP contribution in [0.3, 0.4) is 0 Å². The van der Waals surface area contributed by atoms with E-state index in [4.69, 9.17) is 0 Å². The quantitative estimate of drug-likeness (QED) is 0.413. The minimum atomic E-state index is -0.492. The maximum Gasteiger partial charge on any atom is 0.269 e. The number of carbonyl (C=O) groups excluding carboxylic acids is 2. The molecule has 4 rings (SSSR count). The second-order valence-electron chi connectivity index (χ2n) is 8.10. The number of nitrogens with zero attached hydrogens (tertiary/aromatic N) is 3. The van der Waals surface area contributed by atoms with Crippen LogP contribution in [0.25, 0.3) is 0 Å². The molecule has 0 bridgehead atoms. The third-order valence-electron chi connectivity index (χ3n) is 5.84. The van der Waals surface area contributed by atoms with E-state index in [1.54, 1.807) is 12.4 Å². The zero-order valence-electron chi connectivity index (χ0n) is 18.5. The van der Waals surface area contributed by atoms with Crippen LogP contribution in [0.15, 0.2) is 73.1 Å². The number of non-ortho nitro benzene ring substituents is 1. The molecule has 1 saturated heterocycles. The van der Waals surface area contributed by atoms with Gasteiger partial charge in [-0.3, -0.25) is 24.7 Å². The summed E-state index contributed by atoms with van der Waals surface area (Å²) in [6.07, 6.45) is 4.87. The Balaban J connectivity index is 1.33. The van der Waals surface area contributed by atoms with Gasteiger partial charge in [0.05, 0.1) is 10.5 Å². The van der Waals surface area contributed by atoms with Crippen LogP contribution in [-0.4, -0.2) is 40.9 Å². The van der Waals surface area contributed by atoms with Gasteiger partial charge in [-0.1, -0.05) is 18.2 Å². The van der Waals surface area contributed by atoms with Crippen LogP contribution >= 0.6 is 0 Å². The predicted molar refractivity (Wildman–Crippen MR) is 128 cm³/mol. The first-order chi connectivity index (χ1) is 16.5. The Kier molecular flexibility index (Phi) is 7.12. The summed E-state index contributed by atoms with van der Waals surface area (Å²) in [5, 5.41) is 16.8. The zero-order valence-corrected chi connectivity index (χ0v) is 18.5. The first kappa shape index (κ1) is 22.9. The van der Waals surface area contributed by atoms with Crippen molar-refractivity contribution < 1.29 is 14.5 Å². The van der Waals surface area contributed by atoms with Gasteiger partial charge in [-0.15, -0.1) is 0 Å². The molecule has 2 aromatic carbocycles. The van der Waals surface area contributed by atoms with Gasteiger partial charge in [-0.25, -0.2) is 0 Å². The van der Waals surface area contributed by atoms with E-state index in [2.05, 4.69) is 20.5 Å². The average molecular weight is 460 g/mol. The Bertz CT molecular complexity index is 1160. The molecule has 0 radical (unpaired) electrons. The highest BCUT2D eigenvalue weighted by Gasteiger charge is 2.24. The summed E-state index contributed by atoms with van der Waals surface area (Å²) in [5.74, 6) is -0.392. The fourth-order valence-corrected chi connectivity index (χ4v) is 3.99. The second kappa shape index (κ2) is 10.6. The van der Waals surface area contributed by atoms with Crippen LogP contribution in [0.2, 0.25) is 0 Å². The van der Waals surface area contributed by atoms with E-state index in [0.717, 1.165) is 24.1 Å². The lowest BCUT2D eigenvalue weighted by atomic mass is 10.0. The molecule has 1 aliphatic heterocycles. The van der Waals surface area contributed by atoms with Gasteiger partial charge in [0, 0.05) is 61.5 Å². The van der Waals surface area contributed by atoms with Crippen molar-refractivity contribution in [3.63, 3.8) is 0 Å². The summed E-state index contributed by atoms with van der Waals surface area (Å²) in [5.41, 5.74) is 2.75. The van der Waals surface area contributed by atoms with Gasteiger partial charge in [0.25, 0.3) is 17.5 Å². The molecule has 3 aromatic rings. The fraction of sp³-hybridized carbons (Fsp3) is 0.240. The number of hydrogen-bond donors (Lipinski definition) is 2. The van der Waals surface area contributed by atoms with Gasteiger partial charge in [-0.05, 0) is 48.7 Å². The van der Waals surface area contributed by atoms with Gasteiger partial charge in [0.1, 0.15) is 0 Å². The fourth-order valence-electron chi connectivity index (χ4n) is 3.99. The minimum Gasteiger partial charge on any atom is -0.371 e. The molecular formula is C25H25N5O4. The van der Waals surface area contributed by atoms with Crippen LogP contribution < -0.4 is 15.5 Å². The minimum absolute atomic E-state index is 0.00879. The molecule has 34 heavy (non-hydrogen) atoms. The van der Waals surface area contributed by atoms with Gasteiger partial charge in [-0.2, -0.15) is 0 Å². The van der Waals surface area contributed by atoms with Crippen molar-refractivity contribution in [1.82, 2.24) is 15.6 Å². The molecule has 0 aliphatic carbocycles. The number of pyridine rings is 1. The highest BCUT2D eigenvalue weighted by atomic mass is 16.6. The van der Waals surface area contributed by atoms with Crippen molar-refractivity contribution in [2.75, 3.05) is 18.0 Å². The maximum atomic E-state index is 12.9. The Labute approximate surface area is 197 Å². The molecule has 2 heterocycles. The summed E-state index contributed by atoms with van der Waals surface area (Å²) in [7, 11) is 0. The molecular weight excluding hydrogens is 434 g/mol. The van der Waals surface area contributed by atoms with E-state index in [1.807, 2.05) is 36.4 Å². The molecule has 9 heteroatoms. The lowest BCUT2D eigenvalue weighted by Gasteiger charge is -2.35. The van der Waals surface area contributed by atoms with E-state index < -0.39 is 4.92 Å². The number of nitro groups is 1. The lowest BCUT2D eigenvalue weighted by Crippen LogP contribution is -2.45. The third kappa shape index (κ3) is 5.55. The SMILES string of the molecule is O=C(NC1CCN(c2ccccc2C(=O)NCc2cccnc2)CC1)c1ccc([N+](=O)[O-])cc1. The van der Waals surface area contributed by atoms with Gasteiger partial charge >= 0.3 is 0 Å². The van der Waals surface area contributed by atoms with Gasteiger partial charge in [0.2, 0.25) is 0 Å². The predicted octanol–water partition coefficient (Wildman–Crippen LogP) is 3.32. The molecule has 0 saturated carbocycles. The number of para-hydroxylation sites is 1. The second-order valence-corrected chi connectivity index (χ2v) is 8.10. The van der Waals surface area contributed by atoms with Crippen LogP contribution in [0.4, 0.5) is 11.4 Å². The lowest BCUT2D eigenvalue weighted by molar-refractivity contribution is -0.384. The maximum absolute atomic E-state index is 12.9. The summed E-state index contributed by atoms with van der Waals surface area (Å²) in [6.45, 7) is 1.79. The molecule has 9 nitrogen and oxygen atoms in total. The first-order valence-corrected chi connectivity index (χ1v) is 11.1. The van der Waals surface area contributed by atoms with E-state index in [0.29, 0.717) is 30.8 Å². The van der Waals surface area contributed by atoms with Crippen molar-refractivity contribution >= 4 is 23.2 Å². The van der Waals surface area contributed by atoms with Crippen LogP contribution in [0.5, 0.6) is 0 Å². The number of nitrogens with one attached hydrogen (secondary N) is 2. The number of benzene rings is 2. The normalized spacial score (nSPS) is 13.8. The summed E-state index contributed by atoms with van der Waals surface area (Å²) in [4.78, 5) is 41.9. The third-order valence-corrected chi connectivity index (χ3v) is 5.84. The summed E-state index contributed by atoms with van der Waals surface area (Å²) in [6, 6.07) is 16.8. The van der Waals surface area contributed by atoms with E-state index >= 15 is 0 Å². The number of rotatable bonds is 7. The van der Waals surface area contributed by atoms with Crippen molar-refractivity contribution in [1.29, 1.82) is 0 Å². The molecule has 2 N–H and O–H groups in total. The number of anilines is 1. The molecule has 1 aliphatic rings. The Hall–Kier alpha value is -4.27. The highest BCUT2D eigenvalue weighted by molar-refractivity contribution is 5.99. The van der Waals surface area contributed by atoms with Gasteiger partial charge < -0.3 is 15.5 Å². The molecule has 1 aromatic heterocycles. The van der Waals surface area contributed by atoms with Crippen molar-refractivity contribution in [2.24, 2.45) is 0 Å². The molecule has 174 valence electrons. The Morgan fingerprint density at radius 3 is 2.41 bits per heavy atom. The topological polar surface area (TPSA) is 117 Å². The largest absolute Gasteiger partial charge is 0.371 e. The molecule has 1 fully saturated rings. The Morgan fingerprint density at radius 2 is 1.74 bits per heavy atom. The average Bonchev–Trinajstić information content (AvgIpc) is 2.88. The van der Waals surface area contributed by atoms with Gasteiger partial charge in [0.15, 0.2) is 0 Å². The van der Waals surface area contributed by atoms with Crippen molar-refractivity contribution in [3.8, 4) is 0 Å². The van der Waals surface area contributed by atoms with Crippen molar-refractivity contribution in [3.05, 3.63) is 99.9 Å². The first-order valence-electron chi connectivity index (χ1n) is 11.1. The van der Waals surface area contributed by atoms with E-state index in [1.165, 1.54) is 24.3 Å². The number of hydrogen-bond acceptors (Lipinski definition) is 6. The number of carbonyl (C=O) groups is 2. The molecule has 0 atom stereocenters.